The zero-order chi connectivity index (χ0) is 9.07. The summed E-state index contributed by atoms with van der Waals surface area (Å²) in [6.07, 6.45) is 5.84. The van der Waals surface area contributed by atoms with Crippen molar-refractivity contribution in [1.82, 2.24) is 0 Å². The molecular weight excluding hydrogens is 255 g/mol. The van der Waals surface area contributed by atoms with E-state index >= 15 is 0 Å². The SMILES string of the molecule is C1CO1.CCC[CH2][Sn][CH2]CCC. The second kappa shape index (κ2) is 11.8. The Morgan fingerprint density at radius 1 is 1.00 bits per heavy atom. The summed E-state index contributed by atoms with van der Waals surface area (Å²) in [7, 11) is 0. The molecule has 2 heteroatoms. The van der Waals surface area contributed by atoms with Gasteiger partial charge in [0, 0.05) is 0 Å². The Morgan fingerprint density at radius 2 is 1.42 bits per heavy atom. The first kappa shape index (κ1) is 12.8. The maximum absolute atomic E-state index is 4.50. The molecule has 1 rings (SSSR count). The molecule has 72 valence electrons. The summed E-state index contributed by atoms with van der Waals surface area (Å²) in [5, 5.41) is 0. The molecule has 0 unspecified atom stereocenters. The maximum atomic E-state index is 4.50. The Labute approximate surface area is 87.5 Å². The van der Waals surface area contributed by atoms with Crippen molar-refractivity contribution < 1.29 is 4.74 Å². The van der Waals surface area contributed by atoms with Crippen molar-refractivity contribution in [2.24, 2.45) is 0 Å². The molecule has 0 spiro atoms. The van der Waals surface area contributed by atoms with Crippen molar-refractivity contribution in [1.29, 1.82) is 0 Å². The van der Waals surface area contributed by atoms with Gasteiger partial charge in [0.2, 0.25) is 0 Å². The molecule has 0 N–H and O–H groups in total. The molecule has 12 heavy (non-hydrogen) atoms. The van der Waals surface area contributed by atoms with Crippen LogP contribution in [0.3, 0.4) is 0 Å². The molecule has 0 aromatic rings. The Hall–Kier alpha value is 0.759. The van der Waals surface area contributed by atoms with Crippen LogP contribution in [0.25, 0.3) is 0 Å². The van der Waals surface area contributed by atoms with Crippen molar-refractivity contribution in [2.45, 2.75) is 48.4 Å². The van der Waals surface area contributed by atoms with Crippen LogP contribution in [0.4, 0.5) is 0 Å². The van der Waals surface area contributed by atoms with Crippen LogP contribution in [0.15, 0.2) is 0 Å². The van der Waals surface area contributed by atoms with Gasteiger partial charge in [-0.3, -0.25) is 0 Å². The minimum absolute atomic E-state index is 0.149. The third-order valence-corrected chi connectivity index (χ3v) is 5.65. The van der Waals surface area contributed by atoms with Crippen LogP contribution in [0.5, 0.6) is 0 Å². The summed E-state index contributed by atoms with van der Waals surface area (Å²) in [4.78, 5) is 0. The monoisotopic (exact) mass is 278 g/mol. The van der Waals surface area contributed by atoms with E-state index in [9.17, 15) is 0 Å². The predicted molar refractivity (Wildman–Crippen MR) is 56.0 cm³/mol. The Balaban J connectivity index is 0.000000330. The molecular formula is C10H22OSn. The average Bonchev–Trinajstić information content (AvgIpc) is 2.90. The summed E-state index contributed by atoms with van der Waals surface area (Å²) < 4.78 is 7.75. The summed E-state index contributed by atoms with van der Waals surface area (Å²) >= 11 is 0.149. The molecule has 0 saturated carbocycles. The van der Waals surface area contributed by atoms with E-state index in [4.69, 9.17) is 0 Å². The number of epoxide rings is 1. The molecule has 0 atom stereocenters. The van der Waals surface area contributed by atoms with Crippen molar-refractivity contribution in [3.05, 3.63) is 0 Å². The van der Waals surface area contributed by atoms with Crippen molar-refractivity contribution in [3.8, 4) is 0 Å². The van der Waals surface area contributed by atoms with Gasteiger partial charge in [-0.1, -0.05) is 0 Å². The van der Waals surface area contributed by atoms with E-state index in [2.05, 4.69) is 18.6 Å². The molecule has 1 nitrogen and oxygen atoms in total. The quantitative estimate of drug-likeness (QED) is 0.413. The molecule has 0 aliphatic carbocycles. The molecule has 1 fully saturated rings. The Kier molecular flexibility index (Phi) is 12.5. The summed E-state index contributed by atoms with van der Waals surface area (Å²) in [6, 6.07) is 0. The van der Waals surface area contributed by atoms with E-state index in [1.807, 2.05) is 0 Å². The Bertz CT molecular complexity index is 65.5. The van der Waals surface area contributed by atoms with Gasteiger partial charge >= 0.3 is 69.5 Å². The first-order valence-corrected chi connectivity index (χ1v) is 9.23. The van der Waals surface area contributed by atoms with E-state index in [1.165, 1.54) is 25.7 Å². The number of hydrogen-bond donors (Lipinski definition) is 0. The van der Waals surface area contributed by atoms with E-state index in [0.717, 1.165) is 13.2 Å². The fourth-order valence-corrected chi connectivity index (χ4v) is 4.89. The molecule has 1 heterocycles. The zero-order valence-electron chi connectivity index (χ0n) is 8.57. The first-order valence-electron chi connectivity index (χ1n) is 5.20. The van der Waals surface area contributed by atoms with Gasteiger partial charge in [0.25, 0.3) is 0 Å². The molecule has 1 aliphatic rings. The predicted octanol–water partition coefficient (Wildman–Crippen LogP) is 3.14. The van der Waals surface area contributed by atoms with Gasteiger partial charge in [0.15, 0.2) is 0 Å². The third-order valence-electron chi connectivity index (χ3n) is 1.62. The fraction of sp³-hybridized carbons (Fsp3) is 1.00. The van der Waals surface area contributed by atoms with Crippen LogP contribution in [0, 0.1) is 0 Å². The molecule has 1 saturated heterocycles. The molecule has 1 aliphatic heterocycles. The molecule has 0 amide bonds. The third kappa shape index (κ3) is 17.0. The van der Waals surface area contributed by atoms with E-state index in [0.29, 0.717) is 0 Å². The summed E-state index contributed by atoms with van der Waals surface area (Å²) in [5.41, 5.74) is 0. The summed E-state index contributed by atoms with van der Waals surface area (Å²) in [5.74, 6) is 0. The van der Waals surface area contributed by atoms with Crippen molar-refractivity contribution in [2.75, 3.05) is 13.2 Å². The second-order valence-corrected chi connectivity index (χ2v) is 7.35. The van der Waals surface area contributed by atoms with E-state index in [1.54, 1.807) is 8.87 Å². The molecule has 0 aromatic carbocycles. The van der Waals surface area contributed by atoms with Crippen molar-refractivity contribution in [3.63, 3.8) is 0 Å². The molecule has 2 radical (unpaired) electrons. The second-order valence-electron chi connectivity index (χ2n) is 3.07. The fourth-order valence-electron chi connectivity index (χ4n) is 0.729. The normalized spacial score (nSPS) is 13.5. The first-order chi connectivity index (χ1) is 5.91. The van der Waals surface area contributed by atoms with Gasteiger partial charge in [-0.15, -0.1) is 0 Å². The van der Waals surface area contributed by atoms with Crippen LogP contribution in [0.1, 0.15) is 39.5 Å². The Morgan fingerprint density at radius 3 is 1.67 bits per heavy atom. The van der Waals surface area contributed by atoms with Gasteiger partial charge in [-0.25, -0.2) is 0 Å². The standard InChI is InChI=1S/2C4H9.C2H4O.Sn/c2*1-3-4-2;1-2-3-1;/h2*1,3-4H2,2H3;1-2H2;. The van der Waals surface area contributed by atoms with Gasteiger partial charge in [-0.2, -0.15) is 0 Å². The van der Waals surface area contributed by atoms with Gasteiger partial charge in [-0.05, 0) is 0 Å². The zero-order valence-corrected chi connectivity index (χ0v) is 11.4. The van der Waals surface area contributed by atoms with Gasteiger partial charge < -0.3 is 4.74 Å². The van der Waals surface area contributed by atoms with Crippen LogP contribution >= 0.6 is 0 Å². The number of rotatable bonds is 6. The van der Waals surface area contributed by atoms with E-state index < -0.39 is 0 Å². The van der Waals surface area contributed by atoms with Gasteiger partial charge in [0.1, 0.15) is 0 Å². The van der Waals surface area contributed by atoms with Crippen LogP contribution in [-0.4, -0.2) is 34.4 Å². The average molecular weight is 277 g/mol. The van der Waals surface area contributed by atoms with Crippen molar-refractivity contribution >= 4 is 21.1 Å². The van der Waals surface area contributed by atoms with Crippen LogP contribution in [-0.2, 0) is 4.74 Å². The number of unbranched alkanes of at least 4 members (excludes halogenated alkanes) is 2. The minimum atomic E-state index is 0.149. The van der Waals surface area contributed by atoms with Crippen LogP contribution < -0.4 is 0 Å². The number of ether oxygens (including phenoxy) is 1. The topological polar surface area (TPSA) is 12.5 Å². The molecule has 0 aromatic heterocycles. The van der Waals surface area contributed by atoms with E-state index in [-0.39, 0.29) is 21.1 Å². The summed E-state index contributed by atoms with van der Waals surface area (Å²) in [6.45, 7) is 6.58. The molecule has 0 bridgehead atoms. The number of hydrogen-bond acceptors (Lipinski definition) is 1. The van der Waals surface area contributed by atoms with Gasteiger partial charge in [0.05, 0.1) is 13.2 Å². The van der Waals surface area contributed by atoms with Crippen LogP contribution in [0.2, 0.25) is 8.87 Å².